The Bertz CT molecular complexity index is 729. The van der Waals surface area contributed by atoms with Crippen LogP contribution < -0.4 is 4.90 Å². The normalized spacial score (nSPS) is 11.3. The third kappa shape index (κ3) is 4.54. The molecule has 2 rings (SSSR count). The number of likely N-dealkylation sites (N-methyl/N-ethyl adjacent to an activating group) is 1. The second-order valence-electron chi connectivity index (χ2n) is 6.13. The molecule has 0 unspecified atom stereocenters. The third-order valence-corrected chi connectivity index (χ3v) is 4.69. The van der Waals surface area contributed by atoms with Crippen LogP contribution in [0.2, 0.25) is 0 Å². The number of allylic oxidation sites excluding steroid dienone is 1. The largest absolute Gasteiger partial charge is 0.371 e. The number of carbonyl (C=O) groups excluding carboxylic acids is 1. The van der Waals surface area contributed by atoms with E-state index in [4.69, 9.17) is 0 Å². The molecule has 0 bridgehead atoms. The van der Waals surface area contributed by atoms with Gasteiger partial charge in [-0.25, -0.2) is 0 Å². The molecule has 138 valence electrons. The molecule has 2 aromatic carbocycles. The molecule has 0 saturated heterocycles. The van der Waals surface area contributed by atoms with Crippen LogP contribution in [0.1, 0.15) is 43.6 Å². The van der Waals surface area contributed by atoms with Gasteiger partial charge in [0, 0.05) is 37.4 Å². The van der Waals surface area contributed by atoms with Crippen LogP contribution in [0.15, 0.2) is 60.3 Å². The van der Waals surface area contributed by atoms with Crippen molar-refractivity contribution in [1.29, 1.82) is 0 Å². The zero-order chi connectivity index (χ0) is 18.9. The Kier molecular flexibility index (Phi) is 7.46. The van der Waals surface area contributed by atoms with Gasteiger partial charge in [0.15, 0.2) is 0 Å². The van der Waals surface area contributed by atoms with Crippen molar-refractivity contribution in [1.82, 2.24) is 4.90 Å². The smallest absolute Gasteiger partial charge is 0.211 e. The van der Waals surface area contributed by atoms with Crippen molar-refractivity contribution < 1.29 is 4.79 Å². The molecule has 2 aromatic rings. The van der Waals surface area contributed by atoms with E-state index in [1.807, 2.05) is 60.7 Å². The monoisotopic (exact) mass is 350 g/mol. The minimum Gasteiger partial charge on any atom is -0.371 e. The van der Waals surface area contributed by atoms with Crippen molar-refractivity contribution in [2.24, 2.45) is 0 Å². The maximum Gasteiger partial charge on any atom is 0.211 e. The fourth-order valence-corrected chi connectivity index (χ4v) is 3.22. The number of anilines is 1. The summed E-state index contributed by atoms with van der Waals surface area (Å²) in [6.45, 7) is 11.8. The molecule has 0 atom stereocenters. The highest BCUT2D eigenvalue weighted by molar-refractivity contribution is 6.14. The fraction of sp³-hybridized carbons (Fsp3) is 0.348. The minimum absolute atomic E-state index is 0.0834. The molecule has 0 aliphatic carbocycles. The van der Waals surface area contributed by atoms with Crippen LogP contribution in [0.25, 0.3) is 6.08 Å². The first kappa shape index (κ1) is 19.8. The lowest BCUT2D eigenvalue weighted by molar-refractivity contribution is 0.0996. The molecule has 0 heterocycles. The molecule has 26 heavy (non-hydrogen) atoms. The third-order valence-electron chi connectivity index (χ3n) is 4.69. The van der Waals surface area contributed by atoms with E-state index in [2.05, 4.69) is 37.5 Å². The number of ketones is 1. The summed E-state index contributed by atoms with van der Waals surface area (Å²) < 4.78 is 0. The topological polar surface area (TPSA) is 23.6 Å². The van der Waals surface area contributed by atoms with Crippen molar-refractivity contribution in [2.45, 2.75) is 27.7 Å². The lowest BCUT2D eigenvalue weighted by Crippen LogP contribution is -2.29. The number of hydrogen-bond acceptors (Lipinski definition) is 3. The fourth-order valence-electron chi connectivity index (χ4n) is 3.22. The highest BCUT2D eigenvalue weighted by Gasteiger charge is 2.21. The molecular formula is C23H30N2O. The van der Waals surface area contributed by atoms with Crippen molar-refractivity contribution in [3.05, 3.63) is 71.4 Å². The van der Waals surface area contributed by atoms with Gasteiger partial charge in [-0.1, -0.05) is 42.5 Å². The average Bonchev–Trinajstić information content (AvgIpc) is 2.70. The van der Waals surface area contributed by atoms with Crippen molar-refractivity contribution in [3.8, 4) is 0 Å². The Labute approximate surface area is 157 Å². The summed E-state index contributed by atoms with van der Waals surface area (Å²) >= 11 is 0. The van der Waals surface area contributed by atoms with Crippen molar-refractivity contribution >= 4 is 17.5 Å². The summed E-state index contributed by atoms with van der Waals surface area (Å²) in [5.74, 6) is 0.0834. The molecule has 0 N–H and O–H groups in total. The summed E-state index contributed by atoms with van der Waals surface area (Å²) in [6, 6.07) is 18.0. The predicted octanol–water partition coefficient (Wildman–Crippen LogP) is 5.10. The van der Waals surface area contributed by atoms with Crippen LogP contribution in [0, 0.1) is 0 Å². The molecule has 0 spiro atoms. The van der Waals surface area contributed by atoms with Crippen LogP contribution in [0.3, 0.4) is 0 Å². The number of carbonyl (C=O) groups is 1. The van der Waals surface area contributed by atoms with Crippen LogP contribution in [-0.4, -0.2) is 36.9 Å². The van der Waals surface area contributed by atoms with Gasteiger partial charge in [-0.05, 0) is 51.5 Å². The maximum absolute atomic E-state index is 13.5. The van der Waals surface area contributed by atoms with Crippen molar-refractivity contribution in [3.63, 3.8) is 0 Å². The predicted molar refractivity (Wildman–Crippen MR) is 112 cm³/mol. The van der Waals surface area contributed by atoms with Gasteiger partial charge in [0.2, 0.25) is 5.78 Å². The van der Waals surface area contributed by atoms with Gasteiger partial charge in [-0.2, -0.15) is 0 Å². The van der Waals surface area contributed by atoms with Gasteiger partial charge < -0.3 is 9.80 Å². The molecule has 0 aliphatic heterocycles. The number of benzene rings is 2. The van der Waals surface area contributed by atoms with E-state index in [0.29, 0.717) is 0 Å². The second kappa shape index (κ2) is 9.81. The molecular weight excluding hydrogens is 320 g/mol. The van der Waals surface area contributed by atoms with E-state index in [0.717, 1.165) is 48.7 Å². The van der Waals surface area contributed by atoms with Gasteiger partial charge in [-0.3, -0.25) is 4.79 Å². The summed E-state index contributed by atoms with van der Waals surface area (Å²) in [5.41, 5.74) is 3.57. The lowest BCUT2D eigenvalue weighted by atomic mass is 10.0. The molecule has 0 radical (unpaired) electrons. The molecule has 0 aromatic heterocycles. The van der Waals surface area contributed by atoms with Crippen LogP contribution >= 0.6 is 0 Å². The highest BCUT2D eigenvalue weighted by Crippen LogP contribution is 2.25. The summed E-state index contributed by atoms with van der Waals surface area (Å²) in [6.07, 6.45) is 2.01. The molecule has 0 saturated carbocycles. The van der Waals surface area contributed by atoms with Gasteiger partial charge in [0.1, 0.15) is 0 Å². The van der Waals surface area contributed by atoms with Crippen molar-refractivity contribution in [2.75, 3.05) is 31.1 Å². The quantitative estimate of drug-likeness (QED) is 0.464. The summed E-state index contributed by atoms with van der Waals surface area (Å²) in [4.78, 5) is 17.9. The molecule has 3 nitrogen and oxygen atoms in total. The highest BCUT2D eigenvalue weighted by atomic mass is 16.1. The van der Waals surface area contributed by atoms with E-state index in [1.165, 1.54) is 0 Å². The van der Waals surface area contributed by atoms with Crippen LogP contribution in [-0.2, 0) is 0 Å². The summed E-state index contributed by atoms with van der Waals surface area (Å²) in [5, 5.41) is 0. The van der Waals surface area contributed by atoms with Gasteiger partial charge in [0.25, 0.3) is 0 Å². The minimum atomic E-state index is 0.0834. The Morgan fingerprint density at radius 1 is 0.808 bits per heavy atom. The zero-order valence-electron chi connectivity index (χ0n) is 16.4. The standard InChI is InChI=1S/C23H30N2O/c1-5-24(6-2)21-17-13-12-16-20(21)23(26)22(25(7-3)8-4)18-19-14-10-9-11-15-19/h9-18H,5-8H2,1-4H3. The van der Waals surface area contributed by atoms with Crippen LogP contribution in [0.5, 0.6) is 0 Å². The summed E-state index contributed by atoms with van der Waals surface area (Å²) in [7, 11) is 0. The lowest BCUT2D eigenvalue weighted by Gasteiger charge is -2.27. The number of rotatable bonds is 9. The van der Waals surface area contributed by atoms with E-state index in [1.54, 1.807) is 0 Å². The van der Waals surface area contributed by atoms with Crippen LogP contribution in [0.4, 0.5) is 5.69 Å². The Morgan fingerprint density at radius 3 is 1.96 bits per heavy atom. The maximum atomic E-state index is 13.5. The first-order valence-electron chi connectivity index (χ1n) is 9.56. The van der Waals surface area contributed by atoms with Gasteiger partial charge >= 0.3 is 0 Å². The molecule has 0 fully saturated rings. The average molecular weight is 351 g/mol. The first-order valence-corrected chi connectivity index (χ1v) is 9.56. The first-order chi connectivity index (χ1) is 12.7. The van der Waals surface area contributed by atoms with E-state index >= 15 is 0 Å². The van der Waals surface area contributed by atoms with E-state index in [9.17, 15) is 4.79 Å². The number of Topliss-reactive ketones (excluding diaryl/α,β-unsaturated/α-hetero) is 1. The Hall–Kier alpha value is -2.55. The van der Waals surface area contributed by atoms with E-state index < -0.39 is 0 Å². The van der Waals surface area contributed by atoms with Gasteiger partial charge in [0.05, 0.1) is 5.70 Å². The zero-order valence-corrected chi connectivity index (χ0v) is 16.4. The molecule has 3 heteroatoms. The number of nitrogens with zero attached hydrogens (tertiary/aromatic N) is 2. The van der Waals surface area contributed by atoms with Gasteiger partial charge in [-0.15, -0.1) is 0 Å². The number of para-hydroxylation sites is 1. The molecule has 0 amide bonds. The SMILES string of the molecule is CCN(CC)C(=Cc1ccccc1)C(=O)c1ccccc1N(CC)CC. The number of hydrogen-bond donors (Lipinski definition) is 0. The molecule has 0 aliphatic rings. The second-order valence-corrected chi connectivity index (χ2v) is 6.13. The Morgan fingerprint density at radius 2 is 1.38 bits per heavy atom. The Balaban J connectivity index is 2.53. The van der Waals surface area contributed by atoms with E-state index in [-0.39, 0.29) is 5.78 Å².